The number of hydrogen-bond acceptors (Lipinski definition) is 2. The molecule has 112 valence electrons. The van der Waals surface area contributed by atoms with Gasteiger partial charge in [0.15, 0.2) is 0 Å². The minimum absolute atomic E-state index is 0.802. The van der Waals surface area contributed by atoms with E-state index >= 15 is 0 Å². The van der Waals surface area contributed by atoms with Gasteiger partial charge < -0.3 is 10.2 Å². The molecule has 1 N–H and O–H groups in total. The Hall–Kier alpha value is -0.570. The van der Waals surface area contributed by atoms with Crippen LogP contribution in [0.25, 0.3) is 0 Å². The predicted molar refractivity (Wildman–Crippen MR) is 87.2 cm³/mol. The summed E-state index contributed by atoms with van der Waals surface area (Å²) in [5.74, 6) is 1.66. The van der Waals surface area contributed by atoms with E-state index in [-0.39, 0.29) is 0 Å². The second kappa shape index (κ2) is 8.02. The maximum Gasteiger partial charge on any atom is 0.0451 e. The van der Waals surface area contributed by atoms with Crippen LogP contribution in [-0.2, 0) is 6.54 Å². The molecule has 0 spiro atoms. The van der Waals surface area contributed by atoms with Crippen molar-refractivity contribution in [3.63, 3.8) is 0 Å². The van der Waals surface area contributed by atoms with Gasteiger partial charge in [0.05, 0.1) is 0 Å². The Bertz CT molecular complexity index is 402. The average molecular weight is 295 g/mol. The Balaban J connectivity index is 1.74. The second-order valence-electron chi connectivity index (χ2n) is 6.20. The number of hydrogen-bond donors (Lipinski definition) is 1. The van der Waals surface area contributed by atoms with Gasteiger partial charge in [-0.25, -0.2) is 0 Å². The third kappa shape index (κ3) is 4.76. The van der Waals surface area contributed by atoms with E-state index in [2.05, 4.69) is 36.3 Å². The van der Waals surface area contributed by atoms with E-state index in [4.69, 9.17) is 11.6 Å². The van der Waals surface area contributed by atoms with Crippen molar-refractivity contribution < 1.29 is 0 Å². The molecule has 2 unspecified atom stereocenters. The number of benzene rings is 1. The standard InChI is InChI=1S/C17H27ClN2/c1-14(15-7-5-10-19-12-15)9-11-20(2)13-16-6-3-4-8-17(16)18/h3-4,6,8,14-15,19H,5,7,9-13H2,1-2H3. The van der Waals surface area contributed by atoms with Gasteiger partial charge in [0.1, 0.15) is 0 Å². The molecule has 0 radical (unpaired) electrons. The van der Waals surface area contributed by atoms with E-state index in [0.29, 0.717) is 0 Å². The summed E-state index contributed by atoms with van der Waals surface area (Å²) in [6.07, 6.45) is 4.00. The Labute approximate surface area is 128 Å². The van der Waals surface area contributed by atoms with Gasteiger partial charge in [-0.05, 0) is 69.4 Å². The van der Waals surface area contributed by atoms with Crippen LogP contribution in [-0.4, -0.2) is 31.6 Å². The van der Waals surface area contributed by atoms with E-state index in [0.717, 1.165) is 29.9 Å². The first-order valence-electron chi connectivity index (χ1n) is 7.79. The smallest absolute Gasteiger partial charge is 0.0451 e. The van der Waals surface area contributed by atoms with Crippen molar-refractivity contribution >= 4 is 11.6 Å². The number of nitrogens with one attached hydrogen (secondary N) is 1. The summed E-state index contributed by atoms with van der Waals surface area (Å²) >= 11 is 6.22. The minimum atomic E-state index is 0.802. The predicted octanol–water partition coefficient (Wildman–Crippen LogP) is 3.80. The van der Waals surface area contributed by atoms with Gasteiger partial charge >= 0.3 is 0 Å². The minimum Gasteiger partial charge on any atom is -0.316 e. The fourth-order valence-corrected chi connectivity index (χ4v) is 3.22. The summed E-state index contributed by atoms with van der Waals surface area (Å²) in [7, 11) is 2.19. The molecule has 0 bridgehead atoms. The maximum absolute atomic E-state index is 6.22. The van der Waals surface area contributed by atoms with Crippen molar-refractivity contribution in [3.8, 4) is 0 Å². The van der Waals surface area contributed by atoms with Crippen LogP contribution in [0.15, 0.2) is 24.3 Å². The lowest BCUT2D eigenvalue weighted by atomic mass is 9.85. The maximum atomic E-state index is 6.22. The van der Waals surface area contributed by atoms with Crippen molar-refractivity contribution in [2.24, 2.45) is 11.8 Å². The summed E-state index contributed by atoms with van der Waals surface area (Å²) < 4.78 is 0. The van der Waals surface area contributed by atoms with Gasteiger partial charge in [-0.15, -0.1) is 0 Å². The number of piperidine rings is 1. The molecule has 2 rings (SSSR count). The van der Waals surface area contributed by atoms with Crippen molar-refractivity contribution in [1.29, 1.82) is 0 Å². The summed E-state index contributed by atoms with van der Waals surface area (Å²) in [6, 6.07) is 8.14. The van der Waals surface area contributed by atoms with Gasteiger partial charge in [0.2, 0.25) is 0 Å². The number of nitrogens with zero attached hydrogens (tertiary/aromatic N) is 1. The summed E-state index contributed by atoms with van der Waals surface area (Å²) in [4.78, 5) is 2.38. The van der Waals surface area contributed by atoms with E-state index in [1.54, 1.807) is 0 Å². The first-order chi connectivity index (χ1) is 9.66. The molecule has 1 aromatic rings. The Kier molecular flexibility index (Phi) is 6.34. The third-order valence-corrected chi connectivity index (χ3v) is 4.87. The monoisotopic (exact) mass is 294 g/mol. The highest BCUT2D eigenvalue weighted by Crippen LogP contribution is 2.23. The normalized spacial score (nSPS) is 21.1. The van der Waals surface area contributed by atoms with Crippen LogP contribution in [0.5, 0.6) is 0 Å². The highest BCUT2D eigenvalue weighted by molar-refractivity contribution is 6.31. The molecule has 0 aliphatic carbocycles. The quantitative estimate of drug-likeness (QED) is 0.858. The van der Waals surface area contributed by atoms with E-state index in [9.17, 15) is 0 Å². The van der Waals surface area contributed by atoms with Gasteiger partial charge in [-0.2, -0.15) is 0 Å². The first-order valence-corrected chi connectivity index (χ1v) is 8.17. The van der Waals surface area contributed by atoms with Gasteiger partial charge in [-0.1, -0.05) is 36.7 Å². The lowest BCUT2D eigenvalue weighted by Gasteiger charge is -2.29. The molecule has 0 aromatic heterocycles. The zero-order valence-electron chi connectivity index (χ0n) is 12.7. The van der Waals surface area contributed by atoms with Gasteiger partial charge in [0, 0.05) is 11.6 Å². The van der Waals surface area contributed by atoms with Crippen LogP contribution < -0.4 is 5.32 Å². The highest BCUT2D eigenvalue weighted by Gasteiger charge is 2.19. The van der Waals surface area contributed by atoms with Crippen molar-refractivity contribution in [2.45, 2.75) is 32.7 Å². The van der Waals surface area contributed by atoms with E-state index in [1.165, 1.54) is 37.9 Å². The van der Waals surface area contributed by atoms with Crippen LogP contribution in [0.2, 0.25) is 5.02 Å². The lowest BCUT2D eigenvalue weighted by Crippen LogP contribution is -2.34. The molecule has 0 amide bonds. The van der Waals surface area contributed by atoms with Crippen molar-refractivity contribution in [3.05, 3.63) is 34.9 Å². The fraction of sp³-hybridized carbons (Fsp3) is 0.647. The third-order valence-electron chi connectivity index (χ3n) is 4.50. The van der Waals surface area contributed by atoms with Crippen molar-refractivity contribution in [2.75, 3.05) is 26.7 Å². The number of rotatable bonds is 6. The highest BCUT2D eigenvalue weighted by atomic mass is 35.5. The van der Waals surface area contributed by atoms with Crippen LogP contribution in [0.4, 0.5) is 0 Å². The fourth-order valence-electron chi connectivity index (χ4n) is 3.02. The zero-order valence-corrected chi connectivity index (χ0v) is 13.5. The zero-order chi connectivity index (χ0) is 14.4. The average Bonchev–Trinajstić information content (AvgIpc) is 2.48. The molecule has 3 heteroatoms. The van der Waals surface area contributed by atoms with E-state index in [1.807, 2.05) is 12.1 Å². The Morgan fingerprint density at radius 1 is 1.40 bits per heavy atom. The summed E-state index contributed by atoms with van der Waals surface area (Å²) in [6.45, 7) is 6.89. The molecule has 1 fully saturated rings. The molecule has 2 nitrogen and oxygen atoms in total. The summed E-state index contributed by atoms with van der Waals surface area (Å²) in [5, 5.41) is 4.40. The number of halogens is 1. The molecule has 20 heavy (non-hydrogen) atoms. The SMILES string of the molecule is CC(CCN(C)Cc1ccccc1Cl)C1CCCNC1. The molecular formula is C17H27ClN2. The van der Waals surface area contributed by atoms with Crippen LogP contribution >= 0.6 is 11.6 Å². The summed E-state index contributed by atoms with van der Waals surface area (Å²) in [5.41, 5.74) is 1.23. The first kappa shape index (κ1) is 15.8. The van der Waals surface area contributed by atoms with Gasteiger partial charge in [-0.3, -0.25) is 0 Å². The Morgan fingerprint density at radius 3 is 2.90 bits per heavy atom. The topological polar surface area (TPSA) is 15.3 Å². The Morgan fingerprint density at radius 2 is 2.20 bits per heavy atom. The molecule has 1 saturated heterocycles. The largest absolute Gasteiger partial charge is 0.316 e. The molecular weight excluding hydrogens is 268 g/mol. The van der Waals surface area contributed by atoms with E-state index < -0.39 is 0 Å². The van der Waals surface area contributed by atoms with Crippen molar-refractivity contribution in [1.82, 2.24) is 10.2 Å². The van der Waals surface area contributed by atoms with Gasteiger partial charge in [0.25, 0.3) is 0 Å². The second-order valence-corrected chi connectivity index (χ2v) is 6.61. The van der Waals surface area contributed by atoms with Crippen LogP contribution in [0, 0.1) is 11.8 Å². The molecule has 1 aromatic carbocycles. The molecule has 2 atom stereocenters. The molecule has 1 aliphatic rings. The molecule has 1 heterocycles. The van der Waals surface area contributed by atoms with Crippen LogP contribution in [0.3, 0.4) is 0 Å². The molecule has 0 saturated carbocycles. The van der Waals surface area contributed by atoms with Crippen LogP contribution in [0.1, 0.15) is 31.7 Å². The lowest BCUT2D eigenvalue weighted by molar-refractivity contribution is 0.229. The molecule has 1 aliphatic heterocycles.